The predicted molar refractivity (Wildman–Crippen MR) is 93.0 cm³/mol. The van der Waals surface area contributed by atoms with Gasteiger partial charge in [0, 0.05) is 20.1 Å². The largest absolute Gasteiger partial charge is 0.387 e. The van der Waals surface area contributed by atoms with Crippen molar-refractivity contribution in [3.05, 3.63) is 41.7 Å². The van der Waals surface area contributed by atoms with Gasteiger partial charge in [0.25, 0.3) is 0 Å². The Morgan fingerprint density at radius 3 is 2.77 bits per heavy atom. The number of carbonyl (C=O) groups excluding carboxylic acids is 1. The van der Waals surface area contributed by atoms with Crippen LogP contribution >= 0.6 is 0 Å². The van der Waals surface area contributed by atoms with E-state index in [-0.39, 0.29) is 19.0 Å². The molecule has 9 heteroatoms. The van der Waals surface area contributed by atoms with Crippen molar-refractivity contribution in [1.29, 1.82) is 0 Å². The number of rotatable bonds is 7. The molecule has 1 aliphatic rings. The van der Waals surface area contributed by atoms with Gasteiger partial charge >= 0.3 is 0 Å². The Morgan fingerprint density at radius 2 is 2.04 bits per heavy atom. The smallest absolute Gasteiger partial charge is 0.244 e. The van der Waals surface area contributed by atoms with Crippen molar-refractivity contribution >= 4 is 5.91 Å². The number of aromatic nitrogens is 4. The number of aliphatic hydroxyl groups is 1. The molecule has 1 fully saturated rings. The highest BCUT2D eigenvalue weighted by Crippen LogP contribution is 2.13. The lowest BCUT2D eigenvalue weighted by Crippen LogP contribution is -2.37. The minimum absolute atomic E-state index is 0.0463. The van der Waals surface area contributed by atoms with E-state index in [0.29, 0.717) is 25.6 Å². The first-order valence-corrected chi connectivity index (χ1v) is 8.65. The lowest BCUT2D eigenvalue weighted by atomic mass is 10.1. The Morgan fingerprint density at radius 1 is 1.31 bits per heavy atom. The van der Waals surface area contributed by atoms with Crippen LogP contribution in [-0.4, -0.2) is 80.9 Å². The number of likely N-dealkylation sites (N-methyl/N-ethyl adjacent to an activating group) is 1. The molecule has 26 heavy (non-hydrogen) atoms. The van der Waals surface area contributed by atoms with Crippen molar-refractivity contribution in [2.75, 3.05) is 39.9 Å². The van der Waals surface area contributed by atoms with Crippen LogP contribution in [0.3, 0.4) is 0 Å². The molecule has 2 heterocycles. The topological polar surface area (TPSA) is 96.6 Å². The summed E-state index contributed by atoms with van der Waals surface area (Å²) < 4.78 is 6.85. The van der Waals surface area contributed by atoms with E-state index in [2.05, 4.69) is 20.4 Å². The van der Waals surface area contributed by atoms with Crippen LogP contribution in [0.25, 0.3) is 0 Å². The summed E-state index contributed by atoms with van der Waals surface area (Å²) >= 11 is 0. The van der Waals surface area contributed by atoms with Crippen LogP contribution in [0.5, 0.6) is 0 Å². The molecule has 3 rings (SSSR count). The van der Waals surface area contributed by atoms with Gasteiger partial charge in [0.15, 0.2) is 5.82 Å². The van der Waals surface area contributed by atoms with Gasteiger partial charge in [-0.1, -0.05) is 30.3 Å². The lowest BCUT2D eigenvalue weighted by molar-refractivity contribution is -0.132. The van der Waals surface area contributed by atoms with E-state index in [1.54, 1.807) is 7.05 Å². The molecule has 1 saturated heterocycles. The first kappa shape index (κ1) is 18.4. The fourth-order valence-corrected chi connectivity index (χ4v) is 2.81. The van der Waals surface area contributed by atoms with Gasteiger partial charge in [-0.05, 0) is 16.0 Å². The maximum atomic E-state index is 12.5. The van der Waals surface area contributed by atoms with E-state index in [9.17, 15) is 9.90 Å². The number of tetrazole rings is 1. The second-order valence-electron chi connectivity index (χ2n) is 6.34. The Labute approximate surface area is 152 Å². The number of carbonyl (C=O) groups is 1. The standard InChI is InChI=1S/C17H24N6O3/c1-21(11-15(24)14-5-3-2-4-6-14)17(25)13-23-16(18-19-20-23)12-22-7-9-26-10-8-22/h2-6,15,24H,7-13H2,1H3. The molecule has 0 spiro atoms. The van der Waals surface area contributed by atoms with Crippen LogP contribution in [0, 0.1) is 0 Å². The molecule has 1 N–H and O–H groups in total. The zero-order valence-corrected chi connectivity index (χ0v) is 14.9. The molecule has 1 unspecified atom stereocenters. The summed E-state index contributed by atoms with van der Waals surface area (Å²) in [6, 6.07) is 9.28. The highest BCUT2D eigenvalue weighted by Gasteiger charge is 2.19. The second-order valence-corrected chi connectivity index (χ2v) is 6.34. The molecule has 9 nitrogen and oxygen atoms in total. The number of ether oxygens (including phenoxy) is 1. The van der Waals surface area contributed by atoms with Gasteiger partial charge in [-0.2, -0.15) is 0 Å². The molecule has 0 radical (unpaired) electrons. The molecule has 1 aromatic heterocycles. The molecule has 1 amide bonds. The summed E-state index contributed by atoms with van der Waals surface area (Å²) in [6.45, 7) is 3.88. The molecular formula is C17H24N6O3. The fraction of sp³-hybridized carbons (Fsp3) is 0.529. The van der Waals surface area contributed by atoms with Gasteiger partial charge in [-0.25, -0.2) is 4.68 Å². The summed E-state index contributed by atoms with van der Waals surface area (Å²) in [7, 11) is 1.67. The van der Waals surface area contributed by atoms with E-state index >= 15 is 0 Å². The molecule has 1 aromatic carbocycles. The third-order valence-corrected chi connectivity index (χ3v) is 4.42. The maximum Gasteiger partial charge on any atom is 0.244 e. The summed E-state index contributed by atoms with van der Waals surface area (Å²) in [5.41, 5.74) is 0.780. The molecular weight excluding hydrogens is 336 g/mol. The molecule has 1 aliphatic heterocycles. The van der Waals surface area contributed by atoms with Crippen molar-refractivity contribution in [1.82, 2.24) is 30.0 Å². The van der Waals surface area contributed by atoms with Gasteiger partial charge in [-0.3, -0.25) is 9.69 Å². The Bertz CT molecular complexity index is 702. The minimum atomic E-state index is -0.730. The number of morpholine rings is 1. The van der Waals surface area contributed by atoms with E-state index < -0.39 is 6.10 Å². The lowest BCUT2D eigenvalue weighted by Gasteiger charge is -2.26. The number of nitrogens with zero attached hydrogens (tertiary/aromatic N) is 6. The average Bonchev–Trinajstić information content (AvgIpc) is 3.09. The van der Waals surface area contributed by atoms with Crippen LogP contribution in [0.15, 0.2) is 30.3 Å². The monoisotopic (exact) mass is 360 g/mol. The molecule has 0 aliphatic carbocycles. The highest BCUT2D eigenvalue weighted by atomic mass is 16.5. The van der Waals surface area contributed by atoms with Crippen molar-refractivity contribution in [3.63, 3.8) is 0 Å². The Kier molecular flexibility index (Phi) is 6.26. The first-order valence-electron chi connectivity index (χ1n) is 8.65. The van der Waals surface area contributed by atoms with Gasteiger partial charge in [0.1, 0.15) is 6.54 Å². The number of aliphatic hydroxyl groups excluding tert-OH is 1. The Hall–Kier alpha value is -2.36. The summed E-state index contributed by atoms with van der Waals surface area (Å²) in [4.78, 5) is 16.2. The summed E-state index contributed by atoms with van der Waals surface area (Å²) in [6.07, 6.45) is -0.730. The predicted octanol–water partition coefficient (Wildman–Crippen LogP) is -0.303. The number of amides is 1. The zero-order valence-electron chi connectivity index (χ0n) is 14.9. The average molecular weight is 360 g/mol. The molecule has 0 bridgehead atoms. The van der Waals surface area contributed by atoms with Gasteiger partial charge in [-0.15, -0.1) is 5.10 Å². The maximum absolute atomic E-state index is 12.5. The van der Waals surface area contributed by atoms with E-state index in [4.69, 9.17) is 4.74 Å². The van der Waals surface area contributed by atoms with Crippen LogP contribution in [-0.2, 0) is 22.6 Å². The van der Waals surface area contributed by atoms with Crippen molar-refractivity contribution in [2.24, 2.45) is 0 Å². The second kappa shape index (κ2) is 8.84. The van der Waals surface area contributed by atoms with E-state index in [0.717, 1.165) is 18.7 Å². The first-order chi connectivity index (χ1) is 12.6. The highest BCUT2D eigenvalue weighted by molar-refractivity contribution is 5.75. The number of hydrogen-bond acceptors (Lipinski definition) is 7. The van der Waals surface area contributed by atoms with Crippen LogP contribution in [0.2, 0.25) is 0 Å². The molecule has 0 saturated carbocycles. The van der Waals surface area contributed by atoms with Crippen molar-refractivity contribution < 1.29 is 14.6 Å². The van der Waals surface area contributed by atoms with Crippen LogP contribution < -0.4 is 0 Å². The van der Waals surface area contributed by atoms with E-state index in [1.165, 1.54) is 9.58 Å². The summed E-state index contributed by atoms with van der Waals surface area (Å²) in [5.74, 6) is 0.493. The fourth-order valence-electron chi connectivity index (χ4n) is 2.81. The van der Waals surface area contributed by atoms with Gasteiger partial charge in [0.2, 0.25) is 5.91 Å². The SMILES string of the molecule is CN(CC(O)c1ccccc1)C(=O)Cn1nnnc1CN1CCOCC1. The molecule has 1 atom stereocenters. The zero-order chi connectivity index (χ0) is 18.4. The Balaban J connectivity index is 1.55. The van der Waals surface area contributed by atoms with Crippen molar-refractivity contribution in [2.45, 2.75) is 19.2 Å². The minimum Gasteiger partial charge on any atom is -0.387 e. The molecule has 140 valence electrons. The van der Waals surface area contributed by atoms with Crippen LogP contribution in [0.4, 0.5) is 0 Å². The van der Waals surface area contributed by atoms with Crippen molar-refractivity contribution in [3.8, 4) is 0 Å². The normalized spacial score (nSPS) is 16.4. The summed E-state index contributed by atoms with van der Waals surface area (Å²) in [5, 5.41) is 21.9. The molecule has 2 aromatic rings. The third kappa shape index (κ3) is 4.84. The third-order valence-electron chi connectivity index (χ3n) is 4.42. The van der Waals surface area contributed by atoms with Gasteiger partial charge < -0.3 is 14.7 Å². The number of hydrogen-bond donors (Lipinski definition) is 1. The quantitative estimate of drug-likeness (QED) is 0.724. The number of benzene rings is 1. The van der Waals surface area contributed by atoms with Gasteiger partial charge in [0.05, 0.1) is 32.4 Å². The van der Waals surface area contributed by atoms with E-state index in [1.807, 2.05) is 30.3 Å². The van der Waals surface area contributed by atoms with Crippen LogP contribution in [0.1, 0.15) is 17.5 Å².